The smallest absolute Gasteiger partial charge is 0.450 e. The molecule has 1 heterocycles. The number of hydrogen-bond acceptors (Lipinski definition) is 8. The quantitative estimate of drug-likeness (QED) is 0.0596. The third kappa shape index (κ3) is 15.8. The molecule has 0 aromatic heterocycles. The Kier molecular flexibility index (Phi) is 22.4. The second-order valence-corrected chi connectivity index (χ2v) is 8.87. The molecule has 0 spiro atoms. The van der Waals surface area contributed by atoms with Crippen molar-refractivity contribution in [1.82, 2.24) is 0 Å². The molecule has 1 rings (SSSR count). The van der Waals surface area contributed by atoms with Crippen LogP contribution >= 0.6 is 7.82 Å². The molecular weight excluding hydrogens is 481 g/mol. The van der Waals surface area contributed by atoms with Gasteiger partial charge in [-0.1, -0.05) is 64.7 Å². The van der Waals surface area contributed by atoms with Crippen molar-refractivity contribution in [3.8, 4) is 0 Å². The molecule has 0 saturated carbocycles. The summed E-state index contributed by atoms with van der Waals surface area (Å²) >= 11 is 0. The Bertz CT molecular complexity index is 552. The predicted octanol–water partition coefficient (Wildman–Crippen LogP) is -3.45. The molecule has 5 N–H and O–H groups in total. The summed E-state index contributed by atoms with van der Waals surface area (Å²) in [6.07, 6.45) is 1.62. The van der Waals surface area contributed by atoms with E-state index in [1.807, 2.05) is 0 Å². The van der Waals surface area contributed by atoms with Crippen LogP contribution in [0.25, 0.3) is 0 Å². The zero-order valence-corrected chi connectivity index (χ0v) is 24.9. The third-order valence-electron chi connectivity index (χ3n) is 5.07. The standard InChI is InChI=1S/C19H37O11P.2Na/c1-2-3-4-5-6-7-8-9-10-11-12-27-18-17(30-31(24,25)26)15(21)16(29-19(22)23)14(13-20)28-18;;/h14-18,20-21H,2-13H2,1H3,(H,22,23)(H2,24,25,26);;/q;2*+1/t14-,15+,16-,17-,18-;;/m1../s1. The summed E-state index contributed by atoms with van der Waals surface area (Å²) in [7, 11) is -5.05. The SMILES string of the molecule is CCCCCCCCCCCCO[C@@H]1O[C@H](CO)[C@@H](OC(=O)O)[C@H](O)[C@H]1OP(=O)(O)O.[Na+].[Na+]. The second-order valence-electron chi connectivity index (χ2n) is 7.68. The van der Waals surface area contributed by atoms with Gasteiger partial charge in [-0.25, -0.2) is 9.36 Å². The number of unbranched alkanes of at least 4 members (excludes halogenated alkanes) is 9. The molecular formula is C19H37Na2O11P+2. The first-order valence-electron chi connectivity index (χ1n) is 10.9. The minimum atomic E-state index is -5.05. The molecule has 0 radical (unpaired) electrons. The predicted molar refractivity (Wildman–Crippen MR) is 109 cm³/mol. The molecule has 0 aromatic rings. The van der Waals surface area contributed by atoms with Crippen LogP contribution in [0.3, 0.4) is 0 Å². The van der Waals surface area contributed by atoms with Crippen molar-refractivity contribution in [3.63, 3.8) is 0 Å². The van der Waals surface area contributed by atoms with Crippen LogP contribution in [-0.4, -0.2) is 75.2 Å². The molecule has 1 saturated heterocycles. The van der Waals surface area contributed by atoms with Gasteiger partial charge in [0.2, 0.25) is 0 Å². The summed E-state index contributed by atoms with van der Waals surface area (Å²) in [5, 5.41) is 28.6. The van der Waals surface area contributed by atoms with Gasteiger partial charge in [-0.2, -0.15) is 0 Å². The number of phosphoric acid groups is 1. The van der Waals surface area contributed by atoms with Gasteiger partial charge in [0.15, 0.2) is 12.4 Å². The van der Waals surface area contributed by atoms with E-state index in [1.165, 1.54) is 38.5 Å². The topological polar surface area (TPSA) is 172 Å². The first-order chi connectivity index (χ1) is 14.7. The number of phosphoric ester groups is 1. The van der Waals surface area contributed by atoms with E-state index in [1.54, 1.807) is 0 Å². The third-order valence-corrected chi connectivity index (χ3v) is 5.59. The summed E-state index contributed by atoms with van der Waals surface area (Å²) in [6, 6.07) is 0. The zero-order chi connectivity index (χ0) is 23.3. The molecule has 0 aromatic carbocycles. The minimum absolute atomic E-state index is 0. The molecule has 0 bridgehead atoms. The number of carbonyl (C=O) groups is 1. The van der Waals surface area contributed by atoms with E-state index < -0.39 is 51.3 Å². The molecule has 1 aliphatic heterocycles. The van der Waals surface area contributed by atoms with Crippen LogP contribution in [0.1, 0.15) is 71.1 Å². The zero-order valence-electron chi connectivity index (χ0n) is 20.0. The van der Waals surface area contributed by atoms with Crippen LogP contribution < -0.4 is 59.1 Å². The van der Waals surface area contributed by atoms with Gasteiger partial charge in [0.25, 0.3) is 0 Å². The van der Waals surface area contributed by atoms with E-state index in [2.05, 4.69) is 16.2 Å². The van der Waals surface area contributed by atoms with Crippen molar-refractivity contribution in [2.45, 2.75) is 102 Å². The van der Waals surface area contributed by atoms with Gasteiger partial charge >= 0.3 is 73.1 Å². The van der Waals surface area contributed by atoms with Crippen LogP contribution in [0.2, 0.25) is 0 Å². The second kappa shape index (κ2) is 20.3. The number of carboxylic acid groups (broad SMARTS) is 1. The Morgan fingerprint density at radius 1 is 0.939 bits per heavy atom. The first kappa shape index (κ1) is 36.4. The van der Waals surface area contributed by atoms with Gasteiger partial charge in [0, 0.05) is 6.61 Å². The molecule has 11 nitrogen and oxygen atoms in total. The first-order valence-corrected chi connectivity index (χ1v) is 12.4. The van der Waals surface area contributed by atoms with Crippen LogP contribution in [0.4, 0.5) is 4.79 Å². The fraction of sp³-hybridized carbons (Fsp3) is 0.947. The molecule has 184 valence electrons. The Balaban J connectivity index is 0. The summed E-state index contributed by atoms with van der Waals surface area (Å²) in [6.45, 7) is 1.67. The number of rotatable bonds is 16. The van der Waals surface area contributed by atoms with Gasteiger partial charge in [-0.3, -0.25) is 4.52 Å². The maximum atomic E-state index is 11.3. The molecule has 5 atom stereocenters. The maximum Gasteiger partial charge on any atom is 1.00 e. The Morgan fingerprint density at radius 3 is 1.91 bits per heavy atom. The average molecular weight is 518 g/mol. The van der Waals surface area contributed by atoms with Crippen molar-refractivity contribution < 1.29 is 112 Å². The van der Waals surface area contributed by atoms with Gasteiger partial charge in [0.1, 0.15) is 18.3 Å². The van der Waals surface area contributed by atoms with Crippen LogP contribution in [0.5, 0.6) is 0 Å². The van der Waals surface area contributed by atoms with Crippen molar-refractivity contribution in [1.29, 1.82) is 0 Å². The van der Waals surface area contributed by atoms with E-state index in [9.17, 15) is 19.6 Å². The molecule has 33 heavy (non-hydrogen) atoms. The van der Waals surface area contributed by atoms with E-state index in [4.69, 9.17) is 24.4 Å². The number of ether oxygens (including phenoxy) is 3. The van der Waals surface area contributed by atoms with Gasteiger partial charge in [-0.05, 0) is 6.42 Å². The summed E-state index contributed by atoms with van der Waals surface area (Å²) in [5.74, 6) is 0. The summed E-state index contributed by atoms with van der Waals surface area (Å²) in [4.78, 5) is 29.1. The van der Waals surface area contributed by atoms with E-state index in [0.717, 1.165) is 19.3 Å². The Morgan fingerprint density at radius 2 is 1.45 bits per heavy atom. The van der Waals surface area contributed by atoms with E-state index >= 15 is 0 Å². The molecule has 1 aliphatic rings. The molecule has 0 aliphatic carbocycles. The van der Waals surface area contributed by atoms with Gasteiger partial charge < -0.3 is 39.3 Å². The van der Waals surface area contributed by atoms with Crippen LogP contribution in [-0.2, 0) is 23.3 Å². The maximum absolute atomic E-state index is 11.3. The van der Waals surface area contributed by atoms with Crippen molar-refractivity contribution in [2.24, 2.45) is 0 Å². The Labute approximate surface area is 239 Å². The number of hydrogen-bond donors (Lipinski definition) is 5. The molecule has 1 fully saturated rings. The normalized spacial score (nSPS) is 25.1. The number of aliphatic hydroxyl groups excluding tert-OH is 2. The van der Waals surface area contributed by atoms with Crippen LogP contribution in [0, 0.1) is 0 Å². The molecule has 14 heteroatoms. The van der Waals surface area contributed by atoms with Crippen LogP contribution in [0.15, 0.2) is 0 Å². The largest absolute Gasteiger partial charge is 1.00 e. The monoisotopic (exact) mass is 518 g/mol. The summed E-state index contributed by atoms with van der Waals surface area (Å²) in [5.41, 5.74) is 0. The van der Waals surface area contributed by atoms with Gasteiger partial charge in [-0.15, -0.1) is 0 Å². The Hall–Kier alpha value is 1.22. The minimum Gasteiger partial charge on any atom is -0.450 e. The van der Waals surface area contributed by atoms with Gasteiger partial charge in [0.05, 0.1) is 6.61 Å². The molecule has 0 amide bonds. The average Bonchev–Trinajstić information content (AvgIpc) is 2.69. The summed E-state index contributed by atoms with van der Waals surface area (Å²) < 4.78 is 31.2. The number of aliphatic hydroxyl groups is 2. The fourth-order valence-corrected chi connectivity index (χ4v) is 4.04. The molecule has 0 unspecified atom stereocenters. The van der Waals surface area contributed by atoms with E-state index in [0.29, 0.717) is 6.42 Å². The van der Waals surface area contributed by atoms with Crippen molar-refractivity contribution >= 4 is 14.0 Å². The van der Waals surface area contributed by atoms with E-state index in [-0.39, 0.29) is 65.7 Å². The van der Waals surface area contributed by atoms with Crippen molar-refractivity contribution in [2.75, 3.05) is 13.2 Å². The fourth-order valence-electron chi connectivity index (χ4n) is 3.50. The van der Waals surface area contributed by atoms with Crippen molar-refractivity contribution in [3.05, 3.63) is 0 Å².